The standard InChI is InChI=1S/C28H23ClF3N3O4/c1-27(2,3)39-26(37)35-24-15-21(10-11-33-24)38-20-8-6-16-4-5-17(12-18(16)13-20)25(36)34-19-7-9-23(29)22(14-19)28(30,31)32/h4-15H,1-3H3,(H,34,36)(H,33,35,37). The van der Waals surface area contributed by atoms with Gasteiger partial charge in [0, 0.05) is 23.5 Å². The van der Waals surface area contributed by atoms with Gasteiger partial charge >= 0.3 is 12.3 Å². The first kappa shape index (κ1) is 27.7. The molecule has 0 aliphatic rings. The number of pyridine rings is 1. The number of amides is 2. The molecule has 1 aromatic heterocycles. The minimum Gasteiger partial charge on any atom is -0.457 e. The first-order valence-corrected chi connectivity index (χ1v) is 12.0. The fraction of sp³-hybridized carbons (Fsp3) is 0.179. The second-order valence-electron chi connectivity index (χ2n) is 9.48. The highest BCUT2D eigenvalue weighted by Gasteiger charge is 2.33. The van der Waals surface area contributed by atoms with Crippen molar-refractivity contribution in [2.75, 3.05) is 10.6 Å². The van der Waals surface area contributed by atoms with Crippen LogP contribution in [-0.4, -0.2) is 22.6 Å². The smallest absolute Gasteiger partial charge is 0.417 e. The third-order valence-electron chi connectivity index (χ3n) is 5.20. The Morgan fingerprint density at radius 2 is 1.56 bits per heavy atom. The van der Waals surface area contributed by atoms with Crippen LogP contribution < -0.4 is 15.4 Å². The number of carbonyl (C=O) groups excluding carboxylic acids is 2. The van der Waals surface area contributed by atoms with E-state index in [1.54, 1.807) is 63.2 Å². The first-order chi connectivity index (χ1) is 18.3. The molecule has 0 saturated carbocycles. The fourth-order valence-electron chi connectivity index (χ4n) is 3.54. The van der Waals surface area contributed by atoms with Crippen LogP contribution in [0.5, 0.6) is 11.5 Å². The number of anilines is 2. The van der Waals surface area contributed by atoms with Gasteiger partial charge in [-0.1, -0.05) is 23.7 Å². The summed E-state index contributed by atoms with van der Waals surface area (Å²) >= 11 is 5.65. The van der Waals surface area contributed by atoms with Gasteiger partial charge in [0.05, 0.1) is 10.6 Å². The molecular formula is C28H23ClF3N3O4. The molecule has 39 heavy (non-hydrogen) atoms. The predicted octanol–water partition coefficient (Wildman–Crippen LogP) is 8.30. The minimum atomic E-state index is -4.65. The number of ether oxygens (including phenoxy) is 2. The average molecular weight is 558 g/mol. The average Bonchev–Trinajstić information content (AvgIpc) is 2.83. The first-order valence-electron chi connectivity index (χ1n) is 11.6. The van der Waals surface area contributed by atoms with E-state index in [-0.39, 0.29) is 17.1 Å². The van der Waals surface area contributed by atoms with Gasteiger partial charge in [-0.2, -0.15) is 13.2 Å². The number of nitrogens with one attached hydrogen (secondary N) is 2. The van der Waals surface area contributed by atoms with Gasteiger partial charge in [-0.25, -0.2) is 9.78 Å². The van der Waals surface area contributed by atoms with Crippen molar-refractivity contribution >= 4 is 45.9 Å². The van der Waals surface area contributed by atoms with E-state index in [2.05, 4.69) is 15.6 Å². The summed E-state index contributed by atoms with van der Waals surface area (Å²) in [6.45, 7) is 5.24. The van der Waals surface area contributed by atoms with E-state index in [1.165, 1.54) is 18.3 Å². The summed E-state index contributed by atoms with van der Waals surface area (Å²) in [5, 5.41) is 6.03. The molecule has 0 spiro atoms. The molecule has 0 aliphatic heterocycles. The number of hydrogen-bond donors (Lipinski definition) is 2. The lowest BCUT2D eigenvalue weighted by atomic mass is 10.1. The third-order valence-corrected chi connectivity index (χ3v) is 5.53. The van der Waals surface area contributed by atoms with Gasteiger partial charge in [0.1, 0.15) is 22.9 Å². The molecule has 0 fully saturated rings. The molecule has 11 heteroatoms. The molecule has 0 radical (unpaired) electrons. The van der Waals surface area contributed by atoms with Crippen LogP contribution >= 0.6 is 11.6 Å². The molecule has 4 rings (SSSR count). The predicted molar refractivity (Wildman–Crippen MR) is 143 cm³/mol. The number of nitrogens with zero attached hydrogens (tertiary/aromatic N) is 1. The molecule has 3 aromatic carbocycles. The molecule has 1 heterocycles. The van der Waals surface area contributed by atoms with Gasteiger partial charge in [0.15, 0.2) is 0 Å². The SMILES string of the molecule is CC(C)(C)OC(=O)Nc1cc(Oc2ccc3ccc(C(=O)Nc4ccc(Cl)c(C(F)(F)F)c4)cc3c2)ccn1. The van der Waals surface area contributed by atoms with Crippen LogP contribution in [0.4, 0.5) is 29.5 Å². The number of hydrogen-bond acceptors (Lipinski definition) is 5. The second kappa shape index (κ2) is 10.8. The van der Waals surface area contributed by atoms with Crippen LogP contribution in [0.3, 0.4) is 0 Å². The lowest BCUT2D eigenvalue weighted by Gasteiger charge is -2.19. The third kappa shape index (κ3) is 7.38. The van der Waals surface area contributed by atoms with E-state index >= 15 is 0 Å². The Bertz CT molecular complexity index is 1550. The summed E-state index contributed by atoms with van der Waals surface area (Å²) in [6.07, 6.45) is -3.85. The normalized spacial score (nSPS) is 11.7. The molecule has 0 aliphatic carbocycles. The summed E-state index contributed by atoms with van der Waals surface area (Å²) < 4.78 is 50.6. The van der Waals surface area contributed by atoms with Gasteiger partial charge in [-0.3, -0.25) is 10.1 Å². The zero-order valence-corrected chi connectivity index (χ0v) is 21.8. The summed E-state index contributed by atoms with van der Waals surface area (Å²) in [4.78, 5) is 28.9. The molecule has 7 nitrogen and oxygen atoms in total. The highest BCUT2D eigenvalue weighted by atomic mass is 35.5. The number of carbonyl (C=O) groups is 2. The molecule has 0 unspecified atom stereocenters. The summed E-state index contributed by atoms with van der Waals surface area (Å²) in [5.74, 6) is 0.484. The zero-order chi connectivity index (χ0) is 28.4. The van der Waals surface area contributed by atoms with Crippen molar-refractivity contribution in [3.8, 4) is 11.5 Å². The van der Waals surface area contributed by atoms with Crippen molar-refractivity contribution in [1.82, 2.24) is 4.98 Å². The molecular weight excluding hydrogens is 535 g/mol. The van der Waals surface area contributed by atoms with Crippen LogP contribution in [0.25, 0.3) is 10.8 Å². The van der Waals surface area contributed by atoms with Crippen LogP contribution in [0.1, 0.15) is 36.7 Å². The van der Waals surface area contributed by atoms with Crippen LogP contribution in [-0.2, 0) is 10.9 Å². The van der Waals surface area contributed by atoms with E-state index in [1.807, 2.05) is 0 Å². The zero-order valence-electron chi connectivity index (χ0n) is 21.0. The minimum absolute atomic E-state index is 0.0395. The Balaban J connectivity index is 1.50. The van der Waals surface area contributed by atoms with E-state index in [0.717, 1.165) is 17.5 Å². The highest BCUT2D eigenvalue weighted by molar-refractivity contribution is 6.31. The molecule has 0 bridgehead atoms. The van der Waals surface area contributed by atoms with Gasteiger partial charge in [0.2, 0.25) is 0 Å². The Labute approximate surface area is 226 Å². The molecule has 4 aromatic rings. The number of aromatic nitrogens is 1. The van der Waals surface area contributed by atoms with Crippen molar-refractivity contribution in [3.05, 3.63) is 89.1 Å². The van der Waals surface area contributed by atoms with Gasteiger partial charge in [0.25, 0.3) is 5.91 Å². The number of halogens is 4. The number of fused-ring (bicyclic) bond motifs is 1. The van der Waals surface area contributed by atoms with Gasteiger partial charge in [-0.05, 0) is 80.1 Å². The molecule has 0 saturated heterocycles. The topological polar surface area (TPSA) is 89.5 Å². The summed E-state index contributed by atoms with van der Waals surface area (Å²) in [6, 6.07) is 16.4. The molecule has 0 atom stereocenters. The highest BCUT2D eigenvalue weighted by Crippen LogP contribution is 2.36. The van der Waals surface area contributed by atoms with E-state index in [0.29, 0.717) is 16.9 Å². The van der Waals surface area contributed by atoms with Crippen molar-refractivity contribution < 1.29 is 32.2 Å². The Morgan fingerprint density at radius 3 is 2.28 bits per heavy atom. The molecule has 2 amide bonds. The van der Waals surface area contributed by atoms with E-state index < -0.39 is 34.4 Å². The second-order valence-corrected chi connectivity index (χ2v) is 9.88. The summed E-state index contributed by atoms with van der Waals surface area (Å²) in [5.41, 5.74) is -1.51. The van der Waals surface area contributed by atoms with Crippen molar-refractivity contribution in [2.24, 2.45) is 0 Å². The largest absolute Gasteiger partial charge is 0.457 e. The van der Waals surface area contributed by atoms with Crippen LogP contribution in [0.2, 0.25) is 5.02 Å². The Hall–Kier alpha value is -4.31. The maximum absolute atomic E-state index is 13.2. The lowest BCUT2D eigenvalue weighted by Crippen LogP contribution is -2.27. The Morgan fingerprint density at radius 1 is 0.846 bits per heavy atom. The van der Waals surface area contributed by atoms with E-state index in [4.69, 9.17) is 21.1 Å². The van der Waals surface area contributed by atoms with Crippen LogP contribution in [0.15, 0.2) is 72.9 Å². The van der Waals surface area contributed by atoms with Crippen molar-refractivity contribution in [1.29, 1.82) is 0 Å². The Kier molecular flexibility index (Phi) is 7.69. The van der Waals surface area contributed by atoms with Gasteiger partial charge < -0.3 is 14.8 Å². The van der Waals surface area contributed by atoms with Crippen molar-refractivity contribution in [3.63, 3.8) is 0 Å². The lowest BCUT2D eigenvalue weighted by molar-refractivity contribution is -0.137. The molecule has 202 valence electrons. The van der Waals surface area contributed by atoms with Gasteiger partial charge in [-0.15, -0.1) is 0 Å². The maximum atomic E-state index is 13.2. The van der Waals surface area contributed by atoms with E-state index in [9.17, 15) is 22.8 Å². The quantitative estimate of drug-likeness (QED) is 0.257. The monoisotopic (exact) mass is 557 g/mol. The number of benzene rings is 3. The summed E-state index contributed by atoms with van der Waals surface area (Å²) in [7, 11) is 0. The van der Waals surface area contributed by atoms with Crippen molar-refractivity contribution in [2.45, 2.75) is 32.5 Å². The molecule has 2 N–H and O–H groups in total. The number of alkyl halides is 3. The fourth-order valence-corrected chi connectivity index (χ4v) is 3.77. The van der Waals surface area contributed by atoms with Crippen LogP contribution in [0, 0.1) is 0 Å². The maximum Gasteiger partial charge on any atom is 0.417 e. The number of rotatable bonds is 5.